The molecule has 0 amide bonds. The first kappa shape index (κ1) is 8.18. The molecule has 0 aromatic heterocycles. The maximum absolute atomic E-state index is 2.12. The first-order chi connectivity index (χ1) is 3.79. The van der Waals surface area contributed by atoms with Crippen molar-refractivity contribution in [3.63, 3.8) is 0 Å². The molecular weight excluding hydrogens is 110 g/mol. The van der Waals surface area contributed by atoms with Crippen molar-refractivity contribution in [3.8, 4) is 0 Å². The Hall–Kier alpha value is -0.820. The topological polar surface area (TPSA) is 35.0 Å². The number of aryl methyl sites for hydroxylation is 2. The summed E-state index contributed by atoms with van der Waals surface area (Å²) in [5.74, 6) is 0. The van der Waals surface area contributed by atoms with Crippen molar-refractivity contribution in [1.82, 2.24) is 6.15 Å². The van der Waals surface area contributed by atoms with Crippen LogP contribution in [0.5, 0.6) is 0 Å². The van der Waals surface area contributed by atoms with Crippen molar-refractivity contribution >= 4 is 0 Å². The third-order valence-corrected chi connectivity index (χ3v) is 1.22. The van der Waals surface area contributed by atoms with Gasteiger partial charge in [-0.05, 0) is 13.8 Å². The van der Waals surface area contributed by atoms with Crippen LogP contribution in [-0.4, -0.2) is 0 Å². The van der Waals surface area contributed by atoms with Crippen LogP contribution in [0.4, 0.5) is 0 Å². The van der Waals surface area contributed by atoms with Crippen molar-refractivity contribution in [2.45, 2.75) is 13.8 Å². The van der Waals surface area contributed by atoms with E-state index < -0.39 is 0 Å². The van der Waals surface area contributed by atoms with Crippen LogP contribution in [0.2, 0.25) is 0 Å². The Morgan fingerprint density at radius 2 is 1.00 bits per heavy atom. The smallest absolute Gasteiger partial charge is 0.0398 e. The van der Waals surface area contributed by atoms with E-state index in [1.807, 2.05) is 0 Å². The zero-order valence-electron chi connectivity index (χ0n) is 6.02. The van der Waals surface area contributed by atoms with Gasteiger partial charge in [0.15, 0.2) is 0 Å². The van der Waals surface area contributed by atoms with Gasteiger partial charge in [0.05, 0.1) is 0 Å². The quantitative estimate of drug-likeness (QED) is 0.565. The fraction of sp³-hybridized carbons (Fsp3) is 0.250. The van der Waals surface area contributed by atoms with E-state index in [9.17, 15) is 0 Å². The van der Waals surface area contributed by atoms with Gasteiger partial charge >= 0.3 is 0 Å². The van der Waals surface area contributed by atoms with Crippen LogP contribution in [0.25, 0.3) is 0 Å². The minimum absolute atomic E-state index is 0. The number of benzene rings is 1. The first-order valence-corrected chi connectivity index (χ1v) is 2.82. The van der Waals surface area contributed by atoms with Crippen LogP contribution in [0.3, 0.4) is 0 Å². The maximum atomic E-state index is 2.12. The summed E-state index contributed by atoms with van der Waals surface area (Å²) >= 11 is 0. The molecule has 1 heteroatoms. The second-order valence-electron chi connectivity index (χ2n) is 2.15. The summed E-state index contributed by atoms with van der Waals surface area (Å²) in [6.07, 6.45) is 0. The van der Waals surface area contributed by atoms with Gasteiger partial charge in [0.1, 0.15) is 0 Å². The average molecular weight is 123 g/mol. The molecule has 0 aliphatic heterocycles. The minimum atomic E-state index is 0. The Balaban J connectivity index is 0.000000640. The molecule has 1 rings (SSSR count). The second-order valence-corrected chi connectivity index (χ2v) is 2.15. The molecule has 1 aromatic carbocycles. The molecule has 50 valence electrons. The van der Waals surface area contributed by atoms with Gasteiger partial charge in [-0.15, -0.1) is 0 Å². The van der Waals surface area contributed by atoms with Crippen molar-refractivity contribution < 1.29 is 0 Å². The summed E-state index contributed by atoms with van der Waals surface area (Å²) < 4.78 is 0. The summed E-state index contributed by atoms with van der Waals surface area (Å²) in [4.78, 5) is 0. The molecular formula is C8H13N. The van der Waals surface area contributed by atoms with Crippen molar-refractivity contribution in [1.29, 1.82) is 0 Å². The van der Waals surface area contributed by atoms with Gasteiger partial charge in [-0.2, -0.15) is 0 Å². The van der Waals surface area contributed by atoms with Gasteiger partial charge < -0.3 is 6.15 Å². The summed E-state index contributed by atoms with van der Waals surface area (Å²) in [5, 5.41) is 0. The van der Waals surface area contributed by atoms with E-state index in [0.29, 0.717) is 0 Å². The highest BCUT2D eigenvalue weighted by atomic mass is 14.0. The van der Waals surface area contributed by atoms with Gasteiger partial charge in [-0.3, -0.25) is 0 Å². The van der Waals surface area contributed by atoms with Crippen molar-refractivity contribution in [2.24, 2.45) is 0 Å². The normalized spacial score (nSPS) is 8.22. The molecule has 0 aliphatic carbocycles. The molecule has 0 aliphatic rings. The molecule has 9 heavy (non-hydrogen) atoms. The van der Waals surface area contributed by atoms with Gasteiger partial charge in [-0.1, -0.05) is 35.4 Å². The zero-order valence-corrected chi connectivity index (χ0v) is 6.02. The van der Waals surface area contributed by atoms with Crippen LogP contribution in [0.15, 0.2) is 24.3 Å². The summed E-state index contributed by atoms with van der Waals surface area (Å²) in [6.45, 7) is 4.19. The van der Waals surface area contributed by atoms with Crippen LogP contribution in [0, 0.1) is 13.8 Å². The van der Waals surface area contributed by atoms with E-state index in [0.717, 1.165) is 0 Å². The zero-order chi connectivity index (χ0) is 5.98. The largest absolute Gasteiger partial charge is 0.344 e. The van der Waals surface area contributed by atoms with E-state index >= 15 is 0 Å². The van der Waals surface area contributed by atoms with Crippen LogP contribution >= 0.6 is 0 Å². The Morgan fingerprint density at radius 1 is 0.778 bits per heavy atom. The molecule has 0 heterocycles. The SMILES string of the molecule is Cc1ccc(C)cc1.N. The number of rotatable bonds is 0. The Bertz CT molecular complexity index is 143. The third kappa shape index (κ3) is 2.29. The van der Waals surface area contributed by atoms with E-state index in [1.54, 1.807) is 0 Å². The molecule has 0 unspecified atom stereocenters. The molecule has 1 aromatic rings. The maximum Gasteiger partial charge on any atom is -0.0398 e. The molecule has 0 bridgehead atoms. The molecule has 0 fully saturated rings. The monoisotopic (exact) mass is 123 g/mol. The number of hydrogen-bond acceptors (Lipinski definition) is 1. The Kier molecular flexibility index (Phi) is 2.96. The lowest BCUT2D eigenvalue weighted by atomic mass is 10.2. The summed E-state index contributed by atoms with van der Waals surface area (Å²) in [6, 6.07) is 8.48. The van der Waals surface area contributed by atoms with E-state index in [2.05, 4.69) is 38.1 Å². The lowest BCUT2D eigenvalue weighted by Crippen LogP contribution is -1.70. The fourth-order valence-electron chi connectivity index (χ4n) is 0.637. The molecule has 0 radical (unpaired) electrons. The third-order valence-electron chi connectivity index (χ3n) is 1.22. The molecule has 0 spiro atoms. The van der Waals surface area contributed by atoms with Crippen LogP contribution in [-0.2, 0) is 0 Å². The predicted molar refractivity (Wildman–Crippen MR) is 40.9 cm³/mol. The fourth-order valence-corrected chi connectivity index (χ4v) is 0.637. The molecule has 1 nitrogen and oxygen atoms in total. The van der Waals surface area contributed by atoms with Crippen LogP contribution < -0.4 is 6.15 Å². The lowest BCUT2D eigenvalue weighted by molar-refractivity contribution is 1.40. The first-order valence-electron chi connectivity index (χ1n) is 2.82. The highest BCUT2D eigenvalue weighted by Gasteiger charge is 1.79. The molecule has 0 saturated heterocycles. The van der Waals surface area contributed by atoms with Crippen molar-refractivity contribution in [3.05, 3.63) is 35.4 Å². The molecule has 0 saturated carbocycles. The van der Waals surface area contributed by atoms with E-state index in [-0.39, 0.29) is 6.15 Å². The van der Waals surface area contributed by atoms with Crippen LogP contribution in [0.1, 0.15) is 11.1 Å². The molecule has 0 atom stereocenters. The minimum Gasteiger partial charge on any atom is -0.344 e. The molecule has 3 N–H and O–H groups in total. The van der Waals surface area contributed by atoms with Gasteiger partial charge in [0.2, 0.25) is 0 Å². The average Bonchev–Trinajstić information content (AvgIpc) is 1.77. The van der Waals surface area contributed by atoms with Gasteiger partial charge in [0, 0.05) is 0 Å². The predicted octanol–water partition coefficient (Wildman–Crippen LogP) is 2.47. The summed E-state index contributed by atoms with van der Waals surface area (Å²) in [7, 11) is 0. The Morgan fingerprint density at radius 3 is 1.22 bits per heavy atom. The van der Waals surface area contributed by atoms with E-state index in [4.69, 9.17) is 0 Å². The Labute approximate surface area is 56.3 Å². The van der Waals surface area contributed by atoms with Crippen molar-refractivity contribution in [2.75, 3.05) is 0 Å². The summed E-state index contributed by atoms with van der Waals surface area (Å²) in [5.41, 5.74) is 2.66. The highest BCUT2D eigenvalue weighted by Crippen LogP contribution is 1.99. The van der Waals surface area contributed by atoms with E-state index in [1.165, 1.54) is 11.1 Å². The lowest BCUT2D eigenvalue weighted by Gasteiger charge is -1.90. The second kappa shape index (κ2) is 3.25. The van der Waals surface area contributed by atoms with Gasteiger partial charge in [-0.25, -0.2) is 0 Å². The van der Waals surface area contributed by atoms with Gasteiger partial charge in [0.25, 0.3) is 0 Å². The number of hydrogen-bond donors (Lipinski definition) is 1. The standard InChI is InChI=1S/C8H10.H3N/c1-7-3-5-8(2)6-4-7;/h3-6H,1-2H3;1H3. The highest BCUT2D eigenvalue weighted by molar-refractivity contribution is 5.19.